The minimum Gasteiger partial charge on any atom is -0.356 e. The van der Waals surface area contributed by atoms with E-state index in [4.69, 9.17) is 0 Å². The summed E-state index contributed by atoms with van der Waals surface area (Å²) in [5.41, 5.74) is 0.777. The van der Waals surface area contributed by atoms with Gasteiger partial charge in [0.15, 0.2) is 5.96 Å². The third kappa shape index (κ3) is 5.31. The maximum atomic E-state index is 14.1. The molecule has 0 bridgehead atoms. The summed E-state index contributed by atoms with van der Waals surface area (Å²) >= 11 is 0. The molecule has 0 unspecified atom stereocenters. The molecule has 1 saturated carbocycles. The van der Waals surface area contributed by atoms with Crippen LogP contribution in [0.2, 0.25) is 0 Å². The van der Waals surface area contributed by atoms with Crippen molar-refractivity contribution >= 4 is 29.9 Å². The molecule has 2 fully saturated rings. The molecule has 1 aromatic rings. The smallest absolute Gasteiger partial charge is 0.191 e. The topological polar surface area (TPSA) is 39.7 Å². The van der Waals surface area contributed by atoms with E-state index in [9.17, 15) is 4.39 Å². The Balaban J connectivity index is 0.00000243. The van der Waals surface area contributed by atoms with Crippen LogP contribution in [0.5, 0.6) is 0 Å². The molecule has 6 heteroatoms. The van der Waals surface area contributed by atoms with Crippen LogP contribution in [0.3, 0.4) is 0 Å². The highest BCUT2D eigenvalue weighted by Gasteiger charge is 2.45. The van der Waals surface area contributed by atoms with Crippen molar-refractivity contribution in [3.63, 3.8) is 0 Å². The van der Waals surface area contributed by atoms with Gasteiger partial charge in [-0.05, 0) is 50.3 Å². The number of halogens is 2. The molecule has 1 heterocycles. The zero-order valence-corrected chi connectivity index (χ0v) is 18.3. The van der Waals surface area contributed by atoms with E-state index in [0.717, 1.165) is 56.8 Å². The number of nitrogens with one attached hydrogen (secondary N) is 2. The standard InChI is InChI=1S/C20H31FN4.HI/c1-3-12-25-13-8-16(9-14-25)24-19(22-2)23-15-20(10-11-20)17-6-4-5-7-18(17)21;/h4-7,16H,3,8-15H2,1-2H3,(H2,22,23,24);1H. The zero-order valence-electron chi connectivity index (χ0n) is 15.9. The molecule has 0 radical (unpaired) electrons. The molecule has 4 nitrogen and oxygen atoms in total. The Bertz CT molecular complexity index is 595. The first-order chi connectivity index (χ1) is 12.2. The summed E-state index contributed by atoms with van der Waals surface area (Å²) in [6, 6.07) is 7.64. The Kier molecular flexibility index (Phi) is 8.13. The minimum atomic E-state index is -0.0898. The number of hydrogen-bond donors (Lipinski definition) is 2. The first-order valence-electron chi connectivity index (χ1n) is 9.61. The van der Waals surface area contributed by atoms with Crippen LogP contribution in [-0.4, -0.2) is 50.1 Å². The lowest BCUT2D eigenvalue weighted by atomic mass is 9.95. The largest absolute Gasteiger partial charge is 0.356 e. The van der Waals surface area contributed by atoms with E-state index in [1.807, 2.05) is 19.2 Å². The summed E-state index contributed by atoms with van der Waals surface area (Å²) in [5.74, 6) is 0.754. The van der Waals surface area contributed by atoms with Crippen LogP contribution in [-0.2, 0) is 5.41 Å². The van der Waals surface area contributed by atoms with Gasteiger partial charge < -0.3 is 15.5 Å². The Morgan fingerprint density at radius 3 is 2.54 bits per heavy atom. The van der Waals surface area contributed by atoms with Crippen LogP contribution >= 0.6 is 24.0 Å². The second-order valence-electron chi connectivity index (χ2n) is 7.45. The molecular weight excluding hydrogens is 442 g/mol. The van der Waals surface area contributed by atoms with Crippen molar-refractivity contribution in [2.24, 2.45) is 4.99 Å². The lowest BCUT2D eigenvalue weighted by Crippen LogP contribution is -2.50. The maximum Gasteiger partial charge on any atom is 0.191 e. The Morgan fingerprint density at radius 1 is 1.27 bits per heavy atom. The van der Waals surface area contributed by atoms with Crippen LogP contribution < -0.4 is 10.6 Å². The molecule has 1 aliphatic carbocycles. The molecule has 1 aliphatic heterocycles. The lowest BCUT2D eigenvalue weighted by Gasteiger charge is -2.33. The Hall–Kier alpha value is -0.890. The fraction of sp³-hybridized carbons (Fsp3) is 0.650. The van der Waals surface area contributed by atoms with Crippen molar-refractivity contribution in [2.75, 3.05) is 33.2 Å². The van der Waals surface area contributed by atoms with E-state index >= 15 is 0 Å². The predicted molar refractivity (Wildman–Crippen MR) is 117 cm³/mol. The number of piperidine rings is 1. The fourth-order valence-electron chi connectivity index (χ4n) is 3.84. The molecule has 2 N–H and O–H groups in total. The summed E-state index contributed by atoms with van der Waals surface area (Å²) in [4.78, 5) is 6.90. The SMILES string of the molecule is CCCN1CCC(NC(=NC)NCC2(c3ccccc3F)CC2)CC1.I. The lowest BCUT2D eigenvalue weighted by molar-refractivity contribution is 0.206. The predicted octanol–water partition coefficient (Wildman–Crippen LogP) is 3.51. The van der Waals surface area contributed by atoms with Crippen molar-refractivity contribution in [3.05, 3.63) is 35.6 Å². The van der Waals surface area contributed by atoms with E-state index in [1.165, 1.54) is 13.0 Å². The van der Waals surface area contributed by atoms with Crippen molar-refractivity contribution < 1.29 is 4.39 Å². The van der Waals surface area contributed by atoms with Crippen molar-refractivity contribution in [2.45, 2.75) is 50.5 Å². The zero-order chi connectivity index (χ0) is 17.7. The molecule has 0 amide bonds. The fourth-order valence-corrected chi connectivity index (χ4v) is 3.84. The Labute approximate surface area is 174 Å². The molecule has 3 rings (SSSR count). The van der Waals surface area contributed by atoms with Crippen LogP contribution in [0.15, 0.2) is 29.3 Å². The van der Waals surface area contributed by atoms with Crippen LogP contribution in [0.25, 0.3) is 0 Å². The highest BCUT2D eigenvalue weighted by atomic mass is 127. The summed E-state index contributed by atoms with van der Waals surface area (Å²) in [5, 5.41) is 6.99. The van der Waals surface area contributed by atoms with Gasteiger partial charge in [-0.2, -0.15) is 0 Å². The Morgan fingerprint density at radius 2 is 1.96 bits per heavy atom. The number of nitrogens with zero attached hydrogens (tertiary/aromatic N) is 2. The third-order valence-corrected chi connectivity index (χ3v) is 5.58. The van der Waals surface area contributed by atoms with E-state index in [-0.39, 0.29) is 35.2 Å². The van der Waals surface area contributed by atoms with Gasteiger partial charge >= 0.3 is 0 Å². The second kappa shape index (κ2) is 9.88. The number of benzene rings is 1. The molecule has 0 aromatic heterocycles. The highest BCUT2D eigenvalue weighted by molar-refractivity contribution is 14.0. The number of rotatable bonds is 6. The van der Waals surface area contributed by atoms with E-state index in [1.54, 1.807) is 12.1 Å². The number of guanidine groups is 1. The van der Waals surface area contributed by atoms with E-state index < -0.39 is 0 Å². The van der Waals surface area contributed by atoms with Gasteiger partial charge in [0.1, 0.15) is 5.82 Å². The van der Waals surface area contributed by atoms with Gasteiger partial charge in [0, 0.05) is 38.1 Å². The third-order valence-electron chi connectivity index (χ3n) is 5.58. The van der Waals surface area contributed by atoms with Gasteiger partial charge in [-0.25, -0.2) is 4.39 Å². The van der Waals surface area contributed by atoms with Crippen LogP contribution in [0.1, 0.15) is 44.6 Å². The number of hydrogen-bond acceptors (Lipinski definition) is 2. The van der Waals surface area contributed by atoms with Crippen molar-refractivity contribution in [1.82, 2.24) is 15.5 Å². The quantitative estimate of drug-likeness (QED) is 0.377. The minimum absolute atomic E-state index is 0. The monoisotopic (exact) mass is 474 g/mol. The average Bonchev–Trinajstić information content (AvgIpc) is 3.41. The molecule has 26 heavy (non-hydrogen) atoms. The first kappa shape index (κ1) is 21.4. The summed E-state index contributed by atoms with van der Waals surface area (Å²) in [6.07, 6.45) is 5.60. The normalized spacial score (nSPS) is 20.3. The maximum absolute atomic E-state index is 14.1. The van der Waals surface area contributed by atoms with Crippen LogP contribution in [0, 0.1) is 5.82 Å². The molecule has 1 aromatic carbocycles. The van der Waals surface area contributed by atoms with E-state index in [0.29, 0.717) is 6.04 Å². The van der Waals surface area contributed by atoms with Gasteiger partial charge in [0.25, 0.3) is 0 Å². The van der Waals surface area contributed by atoms with Crippen molar-refractivity contribution in [3.8, 4) is 0 Å². The summed E-state index contributed by atoms with van der Waals surface area (Å²) < 4.78 is 14.1. The molecule has 0 spiro atoms. The van der Waals surface area contributed by atoms with Gasteiger partial charge in [-0.15, -0.1) is 24.0 Å². The molecule has 0 atom stereocenters. The van der Waals surface area contributed by atoms with Crippen LogP contribution in [0.4, 0.5) is 4.39 Å². The van der Waals surface area contributed by atoms with Gasteiger partial charge in [-0.3, -0.25) is 4.99 Å². The average molecular weight is 474 g/mol. The molecule has 1 saturated heterocycles. The molecule has 146 valence electrons. The van der Waals surface area contributed by atoms with Gasteiger partial charge in [-0.1, -0.05) is 25.1 Å². The molecule has 2 aliphatic rings. The molecular formula is C20H32FIN4. The van der Waals surface area contributed by atoms with Gasteiger partial charge in [0.05, 0.1) is 0 Å². The second-order valence-corrected chi connectivity index (χ2v) is 7.45. The number of likely N-dealkylation sites (tertiary alicyclic amines) is 1. The van der Waals surface area contributed by atoms with Crippen molar-refractivity contribution in [1.29, 1.82) is 0 Å². The van der Waals surface area contributed by atoms with Gasteiger partial charge in [0.2, 0.25) is 0 Å². The summed E-state index contributed by atoms with van der Waals surface area (Å²) in [6.45, 7) is 6.48. The summed E-state index contributed by atoms with van der Waals surface area (Å²) in [7, 11) is 1.81. The first-order valence-corrected chi connectivity index (χ1v) is 9.61. The highest BCUT2D eigenvalue weighted by Crippen LogP contribution is 2.48. The number of aliphatic imine (C=N–C) groups is 1. The van der Waals surface area contributed by atoms with E-state index in [2.05, 4.69) is 27.4 Å².